The summed E-state index contributed by atoms with van der Waals surface area (Å²) in [7, 11) is 0. The van der Waals surface area contributed by atoms with E-state index in [1.165, 1.54) is 12.1 Å². The second kappa shape index (κ2) is 17.3. The molecule has 232 valence electrons. The summed E-state index contributed by atoms with van der Waals surface area (Å²) in [6, 6.07) is 14.8. The lowest BCUT2D eigenvalue weighted by Crippen LogP contribution is -2.53. The maximum Gasteiger partial charge on any atom is 0.273 e. The van der Waals surface area contributed by atoms with Crippen LogP contribution in [0.25, 0.3) is 10.9 Å². The smallest absolute Gasteiger partial charge is 0.273 e. The highest BCUT2D eigenvalue weighted by Crippen LogP contribution is 2.23. The number of fused-ring (bicyclic) bond motifs is 1. The molecule has 1 heterocycles. The number of ether oxygens (including phenoxy) is 3. The number of hydrogen-bond donors (Lipinski definition) is 2. The molecule has 2 amide bonds. The van der Waals surface area contributed by atoms with Crippen molar-refractivity contribution in [3.63, 3.8) is 0 Å². The molecule has 3 aromatic rings. The number of rotatable bonds is 18. The molecule has 43 heavy (non-hydrogen) atoms. The topological polar surface area (TPSA) is 128 Å². The fourth-order valence-electron chi connectivity index (χ4n) is 4.34. The van der Waals surface area contributed by atoms with E-state index in [0.29, 0.717) is 71.0 Å². The predicted molar refractivity (Wildman–Crippen MR) is 161 cm³/mol. The van der Waals surface area contributed by atoms with Gasteiger partial charge < -0.3 is 24.8 Å². The largest absolute Gasteiger partial charge is 0.379 e. The zero-order valence-electron chi connectivity index (χ0n) is 25.2. The average molecular weight is 596 g/mol. The Bertz CT molecular complexity index is 1350. The molecule has 2 aromatic carbocycles. The minimum atomic E-state index is -0.794. The van der Waals surface area contributed by atoms with Crippen LogP contribution >= 0.6 is 0 Å². The molecule has 3 rings (SSSR count). The molecule has 1 aromatic heterocycles. The number of hydrogen-bond acceptors (Lipinski definition) is 7. The van der Waals surface area contributed by atoms with Gasteiger partial charge in [0.2, 0.25) is 5.91 Å². The lowest BCUT2D eigenvalue weighted by molar-refractivity contribution is -0.125. The van der Waals surface area contributed by atoms with E-state index in [0.717, 1.165) is 17.5 Å². The highest BCUT2D eigenvalue weighted by Gasteiger charge is 2.34. The monoisotopic (exact) mass is 595 g/mol. The summed E-state index contributed by atoms with van der Waals surface area (Å²) >= 11 is 0. The number of nitriles is 1. The van der Waals surface area contributed by atoms with E-state index in [-0.39, 0.29) is 17.4 Å². The Balaban J connectivity index is 1.46. The molecule has 10 nitrogen and oxygen atoms in total. The third kappa shape index (κ3) is 11.1. The maximum absolute atomic E-state index is 13.5. The highest BCUT2D eigenvalue weighted by atomic mass is 19.1. The van der Waals surface area contributed by atoms with E-state index < -0.39 is 17.4 Å². The summed E-state index contributed by atoms with van der Waals surface area (Å²) in [5.74, 6) is -1.05. The summed E-state index contributed by atoms with van der Waals surface area (Å²) in [5.41, 5.74) is 1.28. The number of unbranched alkanes of at least 4 members (excludes halogenated alkanes) is 1. The standard InChI is InChI=1S/C32H42FN5O5/c1-32(2,3)29(31(40)35-16-8-18-42-20-22-43-21-19-41-17-7-6-15-34)36-30(39)28-26-9-4-5-10-27(26)38(37-28)23-24-11-13-25(33)14-12-24/h4-5,9-14,29H,6-8,16-23H2,1-3H3,(H,35,40)(H,36,39). The van der Waals surface area contributed by atoms with E-state index in [9.17, 15) is 14.0 Å². The van der Waals surface area contributed by atoms with Crippen molar-refractivity contribution in [1.82, 2.24) is 20.4 Å². The summed E-state index contributed by atoms with van der Waals surface area (Å²) in [6.45, 7) is 9.28. The molecule has 0 aliphatic heterocycles. The lowest BCUT2D eigenvalue weighted by atomic mass is 9.86. The van der Waals surface area contributed by atoms with Crippen molar-refractivity contribution in [1.29, 1.82) is 5.26 Å². The van der Waals surface area contributed by atoms with Crippen LogP contribution in [0.5, 0.6) is 0 Å². The summed E-state index contributed by atoms with van der Waals surface area (Å²) in [5, 5.41) is 19.5. The number of carbonyl (C=O) groups is 2. The normalized spacial score (nSPS) is 12.2. The first-order chi connectivity index (χ1) is 20.7. The molecule has 0 saturated carbocycles. The second-order valence-electron chi connectivity index (χ2n) is 11.2. The van der Waals surface area contributed by atoms with Gasteiger partial charge in [0, 0.05) is 31.6 Å². The number of halogens is 1. The van der Waals surface area contributed by atoms with Crippen LogP contribution in [0, 0.1) is 22.6 Å². The minimum Gasteiger partial charge on any atom is -0.379 e. The Kier molecular flexibility index (Phi) is 13.5. The van der Waals surface area contributed by atoms with Crippen molar-refractivity contribution in [2.75, 3.05) is 46.2 Å². The first kappa shape index (κ1) is 33.6. The summed E-state index contributed by atoms with van der Waals surface area (Å²) in [6.07, 6.45) is 1.82. The van der Waals surface area contributed by atoms with Gasteiger partial charge in [0.15, 0.2) is 5.69 Å². The Morgan fingerprint density at radius 3 is 2.23 bits per heavy atom. The van der Waals surface area contributed by atoms with Crippen LogP contribution in [0.4, 0.5) is 4.39 Å². The van der Waals surface area contributed by atoms with Crippen LogP contribution in [0.3, 0.4) is 0 Å². The molecule has 0 fully saturated rings. The fourth-order valence-corrected chi connectivity index (χ4v) is 4.34. The number of carbonyl (C=O) groups excluding carboxylic acids is 2. The number of nitrogens with zero attached hydrogens (tertiary/aromatic N) is 3. The van der Waals surface area contributed by atoms with E-state index in [2.05, 4.69) is 21.8 Å². The van der Waals surface area contributed by atoms with Gasteiger partial charge in [-0.05, 0) is 42.0 Å². The van der Waals surface area contributed by atoms with Crippen LogP contribution < -0.4 is 10.6 Å². The van der Waals surface area contributed by atoms with Crippen molar-refractivity contribution in [3.05, 3.63) is 65.6 Å². The van der Waals surface area contributed by atoms with E-state index in [1.54, 1.807) is 16.8 Å². The number of benzene rings is 2. The summed E-state index contributed by atoms with van der Waals surface area (Å²) < 4.78 is 31.4. The SMILES string of the molecule is CC(C)(C)C(NC(=O)c1nn(Cc2ccc(F)cc2)c2ccccc12)C(=O)NCCCOCCOCCOCCCC#N. The molecule has 0 aliphatic rings. The molecule has 1 unspecified atom stereocenters. The summed E-state index contributed by atoms with van der Waals surface area (Å²) in [4.78, 5) is 26.6. The maximum atomic E-state index is 13.5. The van der Waals surface area contributed by atoms with Gasteiger partial charge in [0.25, 0.3) is 5.91 Å². The number of nitrogens with one attached hydrogen (secondary N) is 2. The number of para-hydroxylation sites is 1. The van der Waals surface area contributed by atoms with Crippen LogP contribution in [0.2, 0.25) is 0 Å². The quantitative estimate of drug-likeness (QED) is 0.211. The zero-order valence-corrected chi connectivity index (χ0v) is 25.2. The second-order valence-corrected chi connectivity index (χ2v) is 11.2. The molecule has 11 heteroatoms. The predicted octanol–water partition coefficient (Wildman–Crippen LogP) is 4.23. The first-order valence-electron chi connectivity index (χ1n) is 14.6. The van der Waals surface area contributed by atoms with Crippen molar-refractivity contribution < 1.29 is 28.2 Å². The zero-order chi connectivity index (χ0) is 31.1. The third-order valence-corrected chi connectivity index (χ3v) is 6.61. The third-order valence-electron chi connectivity index (χ3n) is 6.61. The molecule has 0 saturated heterocycles. The molecule has 2 N–H and O–H groups in total. The Labute approximate surface area is 252 Å². The van der Waals surface area contributed by atoms with Crippen molar-refractivity contribution in [2.45, 2.75) is 52.6 Å². The molecular formula is C32H42FN5O5. The van der Waals surface area contributed by atoms with Gasteiger partial charge in [-0.15, -0.1) is 0 Å². The Morgan fingerprint density at radius 2 is 1.58 bits per heavy atom. The fraction of sp³-hybridized carbons (Fsp3) is 0.500. The van der Waals surface area contributed by atoms with Gasteiger partial charge in [-0.1, -0.05) is 51.1 Å². The van der Waals surface area contributed by atoms with Gasteiger partial charge in [0.1, 0.15) is 11.9 Å². The van der Waals surface area contributed by atoms with Crippen LogP contribution in [-0.2, 0) is 25.5 Å². The van der Waals surface area contributed by atoms with Crippen molar-refractivity contribution in [2.24, 2.45) is 5.41 Å². The van der Waals surface area contributed by atoms with Gasteiger partial charge in [-0.3, -0.25) is 14.3 Å². The van der Waals surface area contributed by atoms with Crippen LogP contribution in [0.15, 0.2) is 48.5 Å². The average Bonchev–Trinajstić information content (AvgIpc) is 3.34. The minimum absolute atomic E-state index is 0.223. The van der Waals surface area contributed by atoms with E-state index >= 15 is 0 Å². The molecule has 0 spiro atoms. The first-order valence-corrected chi connectivity index (χ1v) is 14.6. The highest BCUT2D eigenvalue weighted by molar-refractivity contribution is 6.06. The molecule has 0 bridgehead atoms. The molecule has 1 atom stereocenters. The van der Waals surface area contributed by atoms with Crippen molar-refractivity contribution in [3.8, 4) is 6.07 Å². The number of amides is 2. The van der Waals surface area contributed by atoms with Gasteiger partial charge in [0.05, 0.1) is 44.6 Å². The van der Waals surface area contributed by atoms with Gasteiger partial charge in [-0.25, -0.2) is 4.39 Å². The lowest BCUT2D eigenvalue weighted by Gasteiger charge is -2.30. The van der Waals surface area contributed by atoms with Crippen LogP contribution in [-0.4, -0.2) is 73.8 Å². The Hall–Kier alpha value is -3.85. The number of aromatic nitrogens is 2. The molecule has 0 radical (unpaired) electrons. The van der Waals surface area contributed by atoms with Gasteiger partial charge >= 0.3 is 0 Å². The molecule has 0 aliphatic carbocycles. The van der Waals surface area contributed by atoms with E-state index in [1.807, 2.05) is 45.0 Å². The van der Waals surface area contributed by atoms with Gasteiger partial charge in [-0.2, -0.15) is 10.4 Å². The molecular weight excluding hydrogens is 553 g/mol. The van der Waals surface area contributed by atoms with Crippen molar-refractivity contribution >= 4 is 22.7 Å². The Morgan fingerprint density at radius 1 is 0.953 bits per heavy atom. The van der Waals surface area contributed by atoms with Crippen LogP contribution in [0.1, 0.15) is 56.1 Å². The van der Waals surface area contributed by atoms with E-state index in [4.69, 9.17) is 19.5 Å².